The van der Waals surface area contributed by atoms with Crippen LogP contribution < -0.4 is 5.32 Å². The van der Waals surface area contributed by atoms with Gasteiger partial charge in [-0.2, -0.15) is 0 Å². The van der Waals surface area contributed by atoms with Crippen LogP contribution in [0.3, 0.4) is 0 Å². The summed E-state index contributed by atoms with van der Waals surface area (Å²) >= 11 is 0. The minimum absolute atomic E-state index is 0.0603. The van der Waals surface area contributed by atoms with Gasteiger partial charge < -0.3 is 19.9 Å². The van der Waals surface area contributed by atoms with E-state index in [2.05, 4.69) is 10.2 Å². The highest BCUT2D eigenvalue weighted by atomic mass is 16.5. The number of benzene rings is 2. The van der Waals surface area contributed by atoms with Crippen molar-refractivity contribution in [3.05, 3.63) is 71.8 Å². The standard InChI is InChI=1S/C23H29N3O3/c1-25(2)20-13-14-26(16-20)22(27)21(15-18-9-5-3-6-10-18)24-23(28)29-17-19-11-7-4-8-12-19/h3-12,20-21H,13-17H2,1-2H3,(H,24,28)/t20-,21-/m0/s1. The number of rotatable bonds is 7. The summed E-state index contributed by atoms with van der Waals surface area (Å²) < 4.78 is 5.34. The maximum absolute atomic E-state index is 13.2. The maximum atomic E-state index is 13.2. The summed E-state index contributed by atoms with van der Waals surface area (Å²) in [7, 11) is 4.05. The van der Waals surface area contributed by atoms with E-state index in [9.17, 15) is 9.59 Å². The van der Waals surface area contributed by atoms with E-state index in [-0.39, 0.29) is 12.5 Å². The van der Waals surface area contributed by atoms with E-state index in [0.29, 0.717) is 25.6 Å². The van der Waals surface area contributed by atoms with E-state index in [1.165, 1.54) is 0 Å². The average Bonchev–Trinajstić information content (AvgIpc) is 3.23. The summed E-state index contributed by atoms with van der Waals surface area (Å²) in [5.74, 6) is -0.0603. The van der Waals surface area contributed by atoms with Crippen LogP contribution >= 0.6 is 0 Å². The molecule has 154 valence electrons. The van der Waals surface area contributed by atoms with Crippen LogP contribution in [0.25, 0.3) is 0 Å². The fraction of sp³-hybridized carbons (Fsp3) is 0.391. The molecule has 1 heterocycles. The summed E-state index contributed by atoms with van der Waals surface area (Å²) in [5.41, 5.74) is 1.90. The quantitative estimate of drug-likeness (QED) is 0.783. The van der Waals surface area contributed by atoms with Crippen LogP contribution in [-0.2, 0) is 22.6 Å². The van der Waals surface area contributed by atoms with Crippen LogP contribution in [-0.4, -0.2) is 61.1 Å². The van der Waals surface area contributed by atoms with Gasteiger partial charge in [0.05, 0.1) is 0 Å². The molecule has 2 atom stereocenters. The Morgan fingerprint density at radius 2 is 1.69 bits per heavy atom. The Morgan fingerprint density at radius 1 is 1.07 bits per heavy atom. The lowest BCUT2D eigenvalue weighted by molar-refractivity contribution is -0.132. The predicted molar refractivity (Wildman–Crippen MR) is 112 cm³/mol. The number of ether oxygens (including phenoxy) is 1. The minimum atomic E-state index is -0.651. The maximum Gasteiger partial charge on any atom is 0.408 e. The van der Waals surface area contributed by atoms with Crippen molar-refractivity contribution in [2.24, 2.45) is 0 Å². The highest BCUT2D eigenvalue weighted by Crippen LogP contribution is 2.16. The first kappa shape index (κ1) is 20.9. The van der Waals surface area contributed by atoms with Gasteiger partial charge in [-0.25, -0.2) is 4.79 Å². The van der Waals surface area contributed by atoms with E-state index >= 15 is 0 Å². The molecule has 0 aromatic heterocycles. The van der Waals surface area contributed by atoms with Gasteiger partial charge in [0.25, 0.3) is 0 Å². The van der Waals surface area contributed by atoms with E-state index < -0.39 is 12.1 Å². The first-order valence-corrected chi connectivity index (χ1v) is 9.99. The molecule has 29 heavy (non-hydrogen) atoms. The van der Waals surface area contributed by atoms with Gasteiger partial charge in [-0.3, -0.25) is 4.79 Å². The molecule has 1 fully saturated rings. The zero-order chi connectivity index (χ0) is 20.6. The van der Waals surface area contributed by atoms with E-state index in [1.54, 1.807) is 0 Å². The highest BCUT2D eigenvalue weighted by Gasteiger charge is 2.32. The van der Waals surface area contributed by atoms with E-state index in [4.69, 9.17) is 4.74 Å². The molecular weight excluding hydrogens is 366 g/mol. The number of likely N-dealkylation sites (tertiary alicyclic amines) is 1. The van der Waals surface area contributed by atoms with Gasteiger partial charge in [0.15, 0.2) is 0 Å². The molecule has 3 rings (SSSR count). The number of amides is 2. The monoisotopic (exact) mass is 395 g/mol. The Labute approximate surface area is 172 Å². The normalized spacial score (nSPS) is 17.2. The number of likely N-dealkylation sites (N-methyl/N-ethyl adjacent to an activating group) is 1. The van der Waals surface area contributed by atoms with Crippen molar-refractivity contribution in [2.75, 3.05) is 27.2 Å². The number of hydrogen-bond donors (Lipinski definition) is 1. The second-order valence-electron chi connectivity index (χ2n) is 7.64. The second-order valence-corrected chi connectivity index (χ2v) is 7.64. The number of carbonyl (C=O) groups is 2. The van der Waals surface area contributed by atoms with Gasteiger partial charge in [-0.1, -0.05) is 60.7 Å². The summed E-state index contributed by atoms with van der Waals surface area (Å²) in [5, 5.41) is 2.79. The molecular formula is C23H29N3O3. The van der Waals surface area contributed by atoms with Gasteiger partial charge >= 0.3 is 6.09 Å². The summed E-state index contributed by atoms with van der Waals surface area (Å²) in [6.45, 7) is 1.55. The summed E-state index contributed by atoms with van der Waals surface area (Å²) in [4.78, 5) is 29.5. The molecule has 0 spiro atoms. The van der Waals surface area contributed by atoms with E-state index in [1.807, 2.05) is 79.7 Å². The fourth-order valence-electron chi connectivity index (χ4n) is 3.54. The van der Waals surface area contributed by atoms with Gasteiger partial charge in [0.1, 0.15) is 12.6 Å². The molecule has 6 nitrogen and oxygen atoms in total. The molecule has 1 aliphatic heterocycles. The Kier molecular flexibility index (Phi) is 7.25. The lowest BCUT2D eigenvalue weighted by Crippen LogP contribution is -2.49. The van der Waals surface area contributed by atoms with Crippen LogP contribution in [0.5, 0.6) is 0 Å². The topological polar surface area (TPSA) is 61.9 Å². The molecule has 1 aliphatic rings. The van der Waals surface area contributed by atoms with Crippen LogP contribution in [0.1, 0.15) is 17.5 Å². The SMILES string of the molecule is CN(C)[C@H]1CCN(C(=O)[C@H](Cc2ccccc2)NC(=O)OCc2ccccc2)C1. The van der Waals surface area contributed by atoms with Crippen molar-refractivity contribution in [1.82, 2.24) is 15.1 Å². The predicted octanol–water partition coefficient (Wildman–Crippen LogP) is 2.69. The molecule has 1 saturated heterocycles. The third-order valence-corrected chi connectivity index (χ3v) is 5.29. The van der Waals surface area contributed by atoms with Crippen LogP contribution in [0, 0.1) is 0 Å². The molecule has 0 aliphatic carbocycles. The average molecular weight is 396 g/mol. The van der Waals surface area contributed by atoms with Gasteiger partial charge in [-0.15, -0.1) is 0 Å². The van der Waals surface area contributed by atoms with Crippen LogP contribution in [0.2, 0.25) is 0 Å². The Morgan fingerprint density at radius 3 is 2.28 bits per heavy atom. The third-order valence-electron chi connectivity index (χ3n) is 5.29. The second kappa shape index (κ2) is 10.1. The van der Waals surface area contributed by atoms with Gasteiger partial charge in [0, 0.05) is 25.6 Å². The van der Waals surface area contributed by atoms with Crippen molar-refractivity contribution in [1.29, 1.82) is 0 Å². The number of nitrogens with one attached hydrogen (secondary N) is 1. The largest absolute Gasteiger partial charge is 0.445 e. The fourth-order valence-corrected chi connectivity index (χ4v) is 3.54. The molecule has 0 radical (unpaired) electrons. The van der Waals surface area contributed by atoms with Gasteiger partial charge in [-0.05, 0) is 31.6 Å². The Balaban J connectivity index is 1.64. The Hall–Kier alpha value is -2.86. The zero-order valence-corrected chi connectivity index (χ0v) is 17.1. The van der Waals surface area contributed by atoms with Crippen LogP contribution in [0.15, 0.2) is 60.7 Å². The third kappa shape index (κ3) is 6.06. The molecule has 2 aromatic rings. The zero-order valence-electron chi connectivity index (χ0n) is 17.1. The smallest absolute Gasteiger partial charge is 0.408 e. The molecule has 1 N–H and O–H groups in total. The van der Waals surface area contributed by atoms with Crippen molar-refractivity contribution >= 4 is 12.0 Å². The summed E-state index contributed by atoms with van der Waals surface area (Å²) in [6.07, 6.45) is 0.796. The van der Waals surface area contributed by atoms with Crippen molar-refractivity contribution < 1.29 is 14.3 Å². The lowest BCUT2D eigenvalue weighted by Gasteiger charge is -2.25. The molecule has 2 amide bonds. The number of alkyl carbamates (subject to hydrolysis) is 1. The number of hydrogen-bond acceptors (Lipinski definition) is 4. The Bertz CT molecular complexity index is 796. The lowest BCUT2D eigenvalue weighted by atomic mass is 10.1. The molecule has 0 bridgehead atoms. The van der Waals surface area contributed by atoms with Crippen molar-refractivity contribution in [3.8, 4) is 0 Å². The first-order valence-electron chi connectivity index (χ1n) is 9.99. The number of nitrogens with zero attached hydrogens (tertiary/aromatic N) is 2. The van der Waals surface area contributed by atoms with Crippen LogP contribution in [0.4, 0.5) is 4.79 Å². The van der Waals surface area contributed by atoms with Gasteiger partial charge in [0.2, 0.25) is 5.91 Å². The minimum Gasteiger partial charge on any atom is -0.445 e. The van der Waals surface area contributed by atoms with Crippen molar-refractivity contribution in [2.45, 2.75) is 31.5 Å². The first-order chi connectivity index (χ1) is 14.0. The summed E-state index contributed by atoms with van der Waals surface area (Å²) in [6, 6.07) is 18.9. The number of carbonyl (C=O) groups excluding carboxylic acids is 2. The van der Waals surface area contributed by atoms with Crippen molar-refractivity contribution in [3.63, 3.8) is 0 Å². The molecule has 2 aromatic carbocycles. The molecule has 6 heteroatoms. The molecule has 0 unspecified atom stereocenters. The molecule has 0 saturated carbocycles. The highest BCUT2D eigenvalue weighted by molar-refractivity contribution is 5.86. The van der Waals surface area contributed by atoms with E-state index in [0.717, 1.165) is 17.5 Å².